The zero-order valence-corrected chi connectivity index (χ0v) is 16.4. The van der Waals surface area contributed by atoms with E-state index < -0.39 is 0 Å². The van der Waals surface area contributed by atoms with Crippen molar-refractivity contribution in [2.75, 3.05) is 0 Å². The van der Waals surface area contributed by atoms with Crippen LogP contribution in [0.1, 0.15) is 48.3 Å². The van der Waals surface area contributed by atoms with E-state index in [0.29, 0.717) is 6.42 Å². The van der Waals surface area contributed by atoms with Gasteiger partial charge in [0.1, 0.15) is 5.82 Å². The van der Waals surface area contributed by atoms with E-state index >= 15 is 0 Å². The molecule has 1 N–H and O–H groups in total. The fraction of sp³-hybridized carbons (Fsp3) is 0.318. The Bertz CT molecular complexity index is 923. The van der Waals surface area contributed by atoms with Gasteiger partial charge in [0.15, 0.2) is 0 Å². The van der Waals surface area contributed by atoms with Crippen LogP contribution in [0.25, 0.3) is 5.69 Å². The number of carbonyl (C=O) groups excluding carboxylic acids is 1. The standard InChI is InChI=1S/C22H26N4O/c1-16-9-8-12-18(15-16)26-19(14-13-17-10-6-5-7-11-17)23-20(25-26)21(27)24-22(2,3)4/h5-12,15H,13-14H2,1-4H3,(H,24,27). The molecule has 0 fully saturated rings. The average Bonchev–Trinajstić information content (AvgIpc) is 3.04. The lowest BCUT2D eigenvalue weighted by Crippen LogP contribution is -2.41. The topological polar surface area (TPSA) is 59.8 Å². The minimum Gasteiger partial charge on any atom is -0.345 e. The molecule has 0 aliphatic carbocycles. The molecule has 0 atom stereocenters. The fourth-order valence-corrected chi connectivity index (χ4v) is 2.87. The summed E-state index contributed by atoms with van der Waals surface area (Å²) in [5.74, 6) is 0.730. The molecule has 1 heterocycles. The predicted octanol–water partition coefficient (Wildman–Crippen LogP) is 3.89. The number of hydrogen-bond acceptors (Lipinski definition) is 3. The number of benzene rings is 2. The number of carbonyl (C=O) groups is 1. The van der Waals surface area contributed by atoms with E-state index in [9.17, 15) is 4.79 Å². The predicted molar refractivity (Wildman–Crippen MR) is 107 cm³/mol. The Morgan fingerprint density at radius 1 is 1.04 bits per heavy atom. The molecule has 0 aliphatic heterocycles. The summed E-state index contributed by atoms with van der Waals surface area (Å²) in [5, 5.41) is 7.45. The molecule has 1 amide bonds. The Balaban J connectivity index is 1.92. The number of rotatable bonds is 5. The summed E-state index contributed by atoms with van der Waals surface area (Å²) in [6.45, 7) is 7.87. The summed E-state index contributed by atoms with van der Waals surface area (Å²) in [6.07, 6.45) is 1.54. The van der Waals surface area contributed by atoms with Crippen LogP contribution in [-0.2, 0) is 12.8 Å². The third-order valence-corrected chi connectivity index (χ3v) is 4.09. The summed E-state index contributed by atoms with van der Waals surface area (Å²) < 4.78 is 1.79. The van der Waals surface area contributed by atoms with Gasteiger partial charge in [0.25, 0.3) is 5.91 Å². The highest BCUT2D eigenvalue weighted by atomic mass is 16.2. The smallest absolute Gasteiger partial charge is 0.291 e. The number of aromatic nitrogens is 3. The molecule has 27 heavy (non-hydrogen) atoms. The molecule has 0 saturated heterocycles. The zero-order valence-electron chi connectivity index (χ0n) is 16.4. The lowest BCUT2D eigenvalue weighted by molar-refractivity contribution is 0.0909. The SMILES string of the molecule is Cc1cccc(-n2nc(C(=O)NC(C)(C)C)nc2CCc2ccccc2)c1. The van der Waals surface area contributed by atoms with Gasteiger partial charge in [-0.1, -0.05) is 42.5 Å². The molecule has 5 nitrogen and oxygen atoms in total. The van der Waals surface area contributed by atoms with Crippen molar-refractivity contribution >= 4 is 5.91 Å². The van der Waals surface area contributed by atoms with Crippen LogP contribution in [0.3, 0.4) is 0 Å². The van der Waals surface area contributed by atoms with Crippen LogP contribution in [0.4, 0.5) is 0 Å². The molecule has 5 heteroatoms. The summed E-state index contributed by atoms with van der Waals surface area (Å²) in [5.41, 5.74) is 2.95. The third kappa shape index (κ3) is 5.03. The van der Waals surface area contributed by atoms with Gasteiger partial charge in [-0.05, 0) is 57.4 Å². The van der Waals surface area contributed by atoms with Gasteiger partial charge in [-0.25, -0.2) is 9.67 Å². The highest BCUT2D eigenvalue weighted by Crippen LogP contribution is 2.15. The molecular formula is C22H26N4O. The van der Waals surface area contributed by atoms with E-state index in [1.807, 2.05) is 70.2 Å². The molecular weight excluding hydrogens is 336 g/mol. The maximum atomic E-state index is 12.5. The summed E-state index contributed by atoms with van der Waals surface area (Å²) >= 11 is 0. The Morgan fingerprint density at radius 2 is 1.78 bits per heavy atom. The molecule has 0 unspecified atom stereocenters. The Labute approximate surface area is 160 Å². The van der Waals surface area contributed by atoms with Crippen molar-refractivity contribution in [3.8, 4) is 5.69 Å². The van der Waals surface area contributed by atoms with Crippen LogP contribution in [0.2, 0.25) is 0 Å². The lowest BCUT2D eigenvalue weighted by Gasteiger charge is -2.18. The van der Waals surface area contributed by atoms with Crippen LogP contribution in [0.5, 0.6) is 0 Å². The van der Waals surface area contributed by atoms with Crippen molar-refractivity contribution in [1.82, 2.24) is 20.1 Å². The summed E-state index contributed by atoms with van der Waals surface area (Å²) in [6, 6.07) is 18.3. The van der Waals surface area contributed by atoms with Gasteiger partial charge in [-0.3, -0.25) is 4.79 Å². The van der Waals surface area contributed by atoms with Crippen molar-refractivity contribution in [2.24, 2.45) is 0 Å². The second-order valence-corrected chi connectivity index (χ2v) is 7.79. The van der Waals surface area contributed by atoms with Crippen LogP contribution < -0.4 is 5.32 Å². The van der Waals surface area contributed by atoms with Gasteiger partial charge in [0, 0.05) is 12.0 Å². The van der Waals surface area contributed by atoms with Crippen LogP contribution in [0.15, 0.2) is 54.6 Å². The van der Waals surface area contributed by atoms with E-state index in [1.54, 1.807) is 4.68 Å². The molecule has 140 valence electrons. The number of aryl methyl sites for hydroxylation is 3. The van der Waals surface area contributed by atoms with E-state index in [4.69, 9.17) is 0 Å². The van der Waals surface area contributed by atoms with Gasteiger partial charge in [-0.15, -0.1) is 5.10 Å². The van der Waals surface area contributed by atoms with E-state index in [-0.39, 0.29) is 17.3 Å². The minimum absolute atomic E-state index is 0.203. The fourth-order valence-electron chi connectivity index (χ4n) is 2.87. The van der Waals surface area contributed by atoms with Gasteiger partial charge in [-0.2, -0.15) is 0 Å². The Hall–Kier alpha value is -2.95. The molecule has 0 bridgehead atoms. The number of hydrogen-bond donors (Lipinski definition) is 1. The molecule has 0 aliphatic rings. The van der Waals surface area contributed by atoms with Gasteiger partial charge >= 0.3 is 0 Å². The maximum Gasteiger partial charge on any atom is 0.291 e. The van der Waals surface area contributed by atoms with E-state index in [2.05, 4.69) is 27.5 Å². The second-order valence-electron chi connectivity index (χ2n) is 7.79. The molecule has 3 rings (SSSR count). The van der Waals surface area contributed by atoms with Crippen molar-refractivity contribution < 1.29 is 4.79 Å². The molecule has 2 aromatic carbocycles. The normalized spacial score (nSPS) is 11.4. The number of amides is 1. The lowest BCUT2D eigenvalue weighted by atomic mass is 10.1. The van der Waals surface area contributed by atoms with Crippen molar-refractivity contribution in [3.05, 3.63) is 77.4 Å². The summed E-state index contributed by atoms with van der Waals surface area (Å²) in [7, 11) is 0. The molecule has 1 aromatic heterocycles. The first-order valence-electron chi connectivity index (χ1n) is 9.21. The van der Waals surface area contributed by atoms with E-state index in [0.717, 1.165) is 23.5 Å². The van der Waals surface area contributed by atoms with Crippen molar-refractivity contribution in [3.63, 3.8) is 0 Å². The second kappa shape index (κ2) is 7.74. The van der Waals surface area contributed by atoms with Gasteiger partial charge in [0.05, 0.1) is 5.69 Å². The highest BCUT2D eigenvalue weighted by Gasteiger charge is 2.21. The maximum absolute atomic E-state index is 12.5. The molecule has 0 spiro atoms. The highest BCUT2D eigenvalue weighted by molar-refractivity contribution is 5.90. The van der Waals surface area contributed by atoms with Crippen molar-refractivity contribution in [1.29, 1.82) is 0 Å². The Kier molecular flexibility index (Phi) is 5.40. The molecule has 3 aromatic rings. The Morgan fingerprint density at radius 3 is 2.44 bits per heavy atom. The van der Waals surface area contributed by atoms with Gasteiger partial charge in [0.2, 0.25) is 5.82 Å². The first kappa shape index (κ1) is 18.8. The largest absolute Gasteiger partial charge is 0.345 e. The first-order chi connectivity index (χ1) is 12.8. The van der Waals surface area contributed by atoms with Crippen LogP contribution >= 0.6 is 0 Å². The molecule has 0 radical (unpaired) electrons. The van der Waals surface area contributed by atoms with Crippen molar-refractivity contribution in [2.45, 2.75) is 46.1 Å². The van der Waals surface area contributed by atoms with Gasteiger partial charge < -0.3 is 5.32 Å². The number of nitrogens with zero attached hydrogens (tertiary/aromatic N) is 3. The quantitative estimate of drug-likeness (QED) is 0.749. The monoisotopic (exact) mass is 362 g/mol. The zero-order chi connectivity index (χ0) is 19.4. The average molecular weight is 362 g/mol. The third-order valence-electron chi connectivity index (χ3n) is 4.09. The summed E-state index contributed by atoms with van der Waals surface area (Å²) in [4.78, 5) is 17.1. The molecule has 0 saturated carbocycles. The van der Waals surface area contributed by atoms with Crippen LogP contribution in [0, 0.1) is 6.92 Å². The number of nitrogens with one attached hydrogen (secondary N) is 1. The minimum atomic E-state index is -0.337. The van der Waals surface area contributed by atoms with Crippen LogP contribution in [-0.4, -0.2) is 26.2 Å². The first-order valence-corrected chi connectivity index (χ1v) is 9.21. The van der Waals surface area contributed by atoms with E-state index in [1.165, 1.54) is 5.56 Å².